The molecule has 0 aromatic carbocycles. The largest absolute Gasteiger partial charge is 0 e. The van der Waals surface area contributed by atoms with Gasteiger partial charge in [0.2, 0.25) is 0 Å². The van der Waals surface area contributed by atoms with Crippen LogP contribution in [0.5, 0.6) is 0 Å². The number of rotatable bonds is 0. The molecule has 0 spiro atoms. The standard InChI is InChI=1S/3Al.Fe. The monoisotopic (exact) mass is 137 g/mol. The molecule has 0 atom stereocenters. The summed E-state index contributed by atoms with van der Waals surface area (Å²) in [6.45, 7) is 0. The quantitative estimate of drug-likeness (QED) is 0.370. The molecule has 0 amide bonds. The van der Waals surface area contributed by atoms with Crippen LogP contribution < -0.4 is 0 Å². The Morgan fingerprint density at radius 3 is 0.500 bits per heavy atom. The first-order valence-corrected chi connectivity index (χ1v) is 0. The van der Waals surface area contributed by atoms with Gasteiger partial charge in [0.1, 0.15) is 0 Å². The summed E-state index contributed by atoms with van der Waals surface area (Å²) >= 11 is 0. The third kappa shape index (κ3) is 8.93. The van der Waals surface area contributed by atoms with Gasteiger partial charge in [-0.1, -0.05) is 0 Å². The molecule has 0 aromatic heterocycles. The molecule has 4 heavy (non-hydrogen) atoms. The zero-order chi connectivity index (χ0) is 0. The van der Waals surface area contributed by atoms with Crippen molar-refractivity contribution in [3.63, 3.8) is 0 Å². The minimum Gasteiger partial charge on any atom is 0 e. The first kappa shape index (κ1) is 35.7. The fourth-order valence-electron chi connectivity index (χ4n) is 0. The molecule has 0 fully saturated rings. The Bertz CT molecular complexity index is 3.25. The first-order valence-electron chi connectivity index (χ1n) is 0. The molecular weight excluding hydrogens is 137 g/mol. The van der Waals surface area contributed by atoms with Gasteiger partial charge in [0, 0.05) is 69.2 Å². The molecule has 0 nitrogen and oxygen atoms in total. The third-order valence-electron chi connectivity index (χ3n) is 0. The van der Waals surface area contributed by atoms with Crippen molar-refractivity contribution in [1.29, 1.82) is 0 Å². The van der Waals surface area contributed by atoms with Crippen molar-refractivity contribution < 1.29 is 17.1 Å². The molecule has 0 N–H and O–H groups in total. The average molecular weight is 137 g/mol. The van der Waals surface area contributed by atoms with Crippen LogP contribution in [0, 0.1) is 0 Å². The number of hydrogen-bond acceptors (Lipinski definition) is 0. The van der Waals surface area contributed by atoms with E-state index in [2.05, 4.69) is 0 Å². The Kier molecular flexibility index (Phi) is 173. The van der Waals surface area contributed by atoms with Crippen LogP contribution in [0.25, 0.3) is 0 Å². The second-order valence-electron chi connectivity index (χ2n) is 0. The van der Waals surface area contributed by atoms with Crippen LogP contribution >= 0.6 is 0 Å². The molecule has 0 saturated carbocycles. The molecule has 0 heterocycles. The zero-order valence-corrected chi connectivity index (χ0v) is 6.65. The van der Waals surface area contributed by atoms with Gasteiger partial charge in [-0.05, 0) is 0 Å². The normalized spacial score (nSPS) is 0. The van der Waals surface area contributed by atoms with Crippen molar-refractivity contribution in [2.75, 3.05) is 0 Å². The Balaban J connectivity index is 0. The van der Waals surface area contributed by atoms with E-state index in [1.807, 2.05) is 0 Å². The van der Waals surface area contributed by atoms with Crippen molar-refractivity contribution in [1.82, 2.24) is 0 Å². The second-order valence-corrected chi connectivity index (χ2v) is 0. The van der Waals surface area contributed by atoms with Crippen molar-refractivity contribution in [2.45, 2.75) is 0 Å². The van der Waals surface area contributed by atoms with Crippen LogP contribution in [0.4, 0.5) is 0 Å². The minimum absolute atomic E-state index is 0. The van der Waals surface area contributed by atoms with Crippen LogP contribution in [0.1, 0.15) is 0 Å². The molecule has 17 valence electrons. The fourth-order valence-corrected chi connectivity index (χ4v) is 0. The Hall–Kier alpha value is 2.12. The molecule has 0 saturated heterocycles. The number of hydrogen-bond donors (Lipinski definition) is 0. The van der Waals surface area contributed by atoms with E-state index in [0.29, 0.717) is 0 Å². The average Bonchev–Trinajstić information content (AvgIpc) is 0. The van der Waals surface area contributed by atoms with Crippen LogP contribution in [0.3, 0.4) is 0 Å². The second kappa shape index (κ2) is 19.4. The van der Waals surface area contributed by atoms with Gasteiger partial charge in [0.05, 0.1) is 0 Å². The Morgan fingerprint density at radius 2 is 0.500 bits per heavy atom. The van der Waals surface area contributed by atoms with Crippen LogP contribution in [-0.4, -0.2) is 52.1 Å². The minimum atomic E-state index is 0. The summed E-state index contributed by atoms with van der Waals surface area (Å²) < 4.78 is 0. The fraction of sp³-hybridized carbons (Fsp3) is 0. The zero-order valence-electron chi connectivity index (χ0n) is 2.09. The van der Waals surface area contributed by atoms with Crippen LogP contribution in [-0.2, 0) is 17.1 Å². The smallest absolute Gasteiger partial charge is 0 e. The SMILES string of the molecule is [Al].[Al].[Al].[Fe]. The molecule has 9 radical (unpaired) electrons. The predicted octanol–water partition coefficient (Wildman–Crippen LogP) is -1.14. The Morgan fingerprint density at radius 1 is 0.500 bits per heavy atom. The molecule has 0 aliphatic rings. The summed E-state index contributed by atoms with van der Waals surface area (Å²) in [5.74, 6) is 0. The molecule has 0 bridgehead atoms. The summed E-state index contributed by atoms with van der Waals surface area (Å²) in [6, 6.07) is 0. The molecule has 4 heteroatoms. The van der Waals surface area contributed by atoms with Gasteiger partial charge in [0.15, 0.2) is 0 Å². The maximum Gasteiger partial charge on any atom is 0 e. The van der Waals surface area contributed by atoms with Gasteiger partial charge in [-0.3, -0.25) is 0 Å². The topological polar surface area (TPSA) is 0 Å². The van der Waals surface area contributed by atoms with Crippen LogP contribution in [0.15, 0.2) is 0 Å². The van der Waals surface area contributed by atoms with E-state index < -0.39 is 0 Å². The summed E-state index contributed by atoms with van der Waals surface area (Å²) in [4.78, 5) is 0. The van der Waals surface area contributed by atoms with E-state index in [0.717, 1.165) is 0 Å². The van der Waals surface area contributed by atoms with E-state index >= 15 is 0 Å². The molecule has 0 unspecified atom stereocenters. The van der Waals surface area contributed by atoms with Crippen LogP contribution in [0.2, 0.25) is 0 Å². The summed E-state index contributed by atoms with van der Waals surface area (Å²) in [5, 5.41) is 0. The van der Waals surface area contributed by atoms with E-state index in [4.69, 9.17) is 0 Å². The van der Waals surface area contributed by atoms with Crippen molar-refractivity contribution in [2.24, 2.45) is 0 Å². The molecule has 0 aliphatic heterocycles. The van der Waals surface area contributed by atoms with Gasteiger partial charge >= 0.3 is 0 Å². The maximum atomic E-state index is 0. The Labute approximate surface area is 68.6 Å². The van der Waals surface area contributed by atoms with Crippen molar-refractivity contribution in [3.05, 3.63) is 0 Å². The predicted molar refractivity (Wildman–Crippen MR) is 17.3 cm³/mol. The van der Waals surface area contributed by atoms with Crippen molar-refractivity contribution >= 4 is 52.1 Å². The van der Waals surface area contributed by atoms with Gasteiger partial charge < -0.3 is 0 Å². The summed E-state index contributed by atoms with van der Waals surface area (Å²) in [5.41, 5.74) is 0. The van der Waals surface area contributed by atoms with Crippen molar-refractivity contribution in [3.8, 4) is 0 Å². The van der Waals surface area contributed by atoms with E-state index in [9.17, 15) is 0 Å². The maximum absolute atomic E-state index is 0. The van der Waals surface area contributed by atoms with Gasteiger partial charge in [-0.25, -0.2) is 0 Å². The van der Waals surface area contributed by atoms with Gasteiger partial charge in [-0.15, -0.1) is 0 Å². The summed E-state index contributed by atoms with van der Waals surface area (Å²) in [6.07, 6.45) is 0. The molecular formula is Al3Fe. The molecule has 0 rings (SSSR count). The van der Waals surface area contributed by atoms with E-state index in [1.165, 1.54) is 0 Å². The first-order chi connectivity index (χ1) is 0. The third-order valence-corrected chi connectivity index (χ3v) is 0. The molecule has 0 aromatic rings. The van der Waals surface area contributed by atoms with Gasteiger partial charge in [-0.2, -0.15) is 0 Å². The van der Waals surface area contributed by atoms with E-state index in [1.54, 1.807) is 0 Å². The summed E-state index contributed by atoms with van der Waals surface area (Å²) in [7, 11) is 0. The molecule has 0 aliphatic carbocycles. The van der Waals surface area contributed by atoms with Gasteiger partial charge in [0.25, 0.3) is 0 Å². The van der Waals surface area contributed by atoms with E-state index in [-0.39, 0.29) is 69.2 Å².